The van der Waals surface area contributed by atoms with Gasteiger partial charge in [-0.1, -0.05) is 13.8 Å². The molecule has 1 N–H and O–H groups in total. The lowest BCUT2D eigenvalue weighted by atomic mass is 10.0. The molecule has 0 atom stereocenters. The molecule has 0 saturated heterocycles. The molecule has 0 radical (unpaired) electrons. The topological polar surface area (TPSA) is 59.3 Å². The number of carbonyl (C=O) groups is 1. The van der Waals surface area contributed by atoms with E-state index in [-0.39, 0.29) is 11.1 Å². The average molecular weight is 321 g/mol. The zero-order valence-electron chi connectivity index (χ0n) is 12.8. The Hall–Kier alpha value is -2.50. The molecule has 2 rings (SSSR count). The number of halogens is 2. The molecule has 0 aliphatic carbocycles. The van der Waals surface area contributed by atoms with E-state index < -0.39 is 28.6 Å². The molecule has 0 bridgehead atoms. The standard InChI is InChI=1S/C17H17F2NO3/c1-10(2)5-6-20-8-13(16(21)14(9-20)17(22)23)12-4-3-11(18)7-15(12)19/h3-4,7-10H,5-6H2,1-2H3,(H,22,23). The summed E-state index contributed by atoms with van der Waals surface area (Å²) in [6, 6.07) is 2.84. The number of carboxylic acids is 1. The second-order valence-corrected chi connectivity index (χ2v) is 5.76. The van der Waals surface area contributed by atoms with Crippen LogP contribution >= 0.6 is 0 Å². The lowest BCUT2D eigenvalue weighted by Gasteiger charge is -2.12. The fraction of sp³-hybridized carbons (Fsp3) is 0.294. The maximum absolute atomic E-state index is 14.0. The van der Waals surface area contributed by atoms with Crippen LogP contribution in [0.25, 0.3) is 11.1 Å². The summed E-state index contributed by atoms with van der Waals surface area (Å²) in [7, 11) is 0. The Labute approximate surface area is 132 Å². The molecule has 0 aliphatic heterocycles. The molecule has 0 amide bonds. The third-order valence-electron chi connectivity index (χ3n) is 3.50. The van der Waals surface area contributed by atoms with Gasteiger partial charge in [0.05, 0.1) is 0 Å². The van der Waals surface area contributed by atoms with Crippen LogP contribution in [0, 0.1) is 17.6 Å². The van der Waals surface area contributed by atoms with E-state index in [1.807, 2.05) is 13.8 Å². The van der Waals surface area contributed by atoms with Crippen LogP contribution in [-0.2, 0) is 6.54 Å². The molecule has 23 heavy (non-hydrogen) atoms. The summed E-state index contributed by atoms with van der Waals surface area (Å²) in [5, 5.41) is 9.19. The van der Waals surface area contributed by atoms with Gasteiger partial charge in [-0.2, -0.15) is 0 Å². The van der Waals surface area contributed by atoms with Crippen molar-refractivity contribution >= 4 is 5.97 Å². The number of aryl methyl sites for hydroxylation is 1. The summed E-state index contributed by atoms with van der Waals surface area (Å²) in [4.78, 5) is 23.6. The highest BCUT2D eigenvalue weighted by Gasteiger charge is 2.17. The van der Waals surface area contributed by atoms with Crippen molar-refractivity contribution in [3.63, 3.8) is 0 Å². The Morgan fingerprint density at radius 2 is 1.91 bits per heavy atom. The highest BCUT2D eigenvalue weighted by atomic mass is 19.1. The van der Waals surface area contributed by atoms with E-state index in [1.54, 1.807) is 4.57 Å². The van der Waals surface area contributed by atoms with E-state index in [0.29, 0.717) is 18.5 Å². The van der Waals surface area contributed by atoms with Crippen molar-refractivity contribution in [2.24, 2.45) is 5.92 Å². The van der Waals surface area contributed by atoms with Crippen LogP contribution < -0.4 is 5.43 Å². The van der Waals surface area contributed by atoms with Gasteiger partial charge < -0.3 is 9.67 Å². The smallest absolute Gasteiger partial charge is 0.341 e. The number of hydrogen-bond acceptors (Lipinski definition) is 2. The van der Waals surface area contributed by atoms with Crippen LogP contribution in [0.2, 0.25) is 0 Å². The van der Waals surface area contributed by atoms with Gasteiger partial charge in [-0.3, -0.25) is 4.79 Å². The highest BCUT2D eigenvalue weighted by molar-refractivity contribution is 5.88. The minimum Gasteiger partial charge on any atom is -0.477 e. The van der Waals surface area contributed by atoms with Crippen LogP contribution in [0.3, 0.4) is 0 Å². The van der Waals surface area contributed by atoms with Crippen molar-refractivity contribution in [2.45, 2.75) is 26.8 Å². The molecule has 6 heteroatoms. The minimum absolute atomic E-state index is 0.0915. The van der Waals surface area contributed by atoms with Gasteiger partial charge in [0.2, 0.25) is 5.43 Å². The summed E-state index contributed by atoms with van der Waals surface area (Å²) in [5.41, 5.74) is -1.43. The van der Waals surface area contributed by atoms with E-state index in [2.05, 4.69) is 0 Å². The first-order chi connectivity index (χ1) is 10.8. The molecule has 0 fully saturated rings. The quantitative estimate of drug-likeness (QED) is 0.916. The molecule has 0 unspecified atom stereocenters. The van der Waals surface area contributed by atoms with E-state index in [1.165, 1.54) is 12.4 Å². The second-order valence-electron chi connectivity index (χ2n) is 5.76. The molecule has 0 spiro atoms. The van der Waals surface area contributed by atoms with Crippen LogP contribution in [0.4, 0.5) is 8.78 Å². The minimum atomic E-state index is -1.38. The van der Waals surface area contributed by atoms with Gasteiger partial charge in [-0.15, -0.1) is 0 Å². The number of benzene rings is 1. The lowest BCUT2D eigenvalue weighted by molar-refractivity contribution is 0.0694. The second kappa shape index (κ2) is 6.73. The van der Waals surface area contributed by atoms with E-state index in [0.717, 1.165) is 18.6 Å². The monoisotopic (exact) mass is 321 g/mol. The summed E-state index contributed by atoms with van der Waals surface area (Å²) >= 11 is 0. The van der Waals surface area contributed by atoms with Crippen molar-refractivity contribution in [3.8, 4) is 11.1 Å². The van der Waals surface area contributed by atoms with Gasteiger partial charge in [0, 0.05) is 36.1 Å². The van der Waals surface area contributed by atoms with E-state index >= 15 is 0 Å². The lowest BCUT2D eigenvalue weighted by Crippen LogP contribution is -2.20. The molecule has 1 heterocycles. The Morgan fingerprint density at radius 3 is 2.48 bits per heavy atom. The highest BCUT2D eigenvalue weighted by Crippen LogP contribution is 2.21. The Morgan fingerprint density at radius 1 is 1.22 bits per heavy atom. The van der Waals surface area contributed by atoms with Crippen molar-refractivity contribution in [2.75, 3.05) is 0 Å². The molecular formula is C17H17F2NO3. The van der Waals surface area contributed by atoms with Gasteiger partial charge in [-0.25, -0.2) is 13.6 Å². The van der Waals surface area contributed by atoms with E-state index in [4.69, 9.17) is 0 Å². The predicted molar refractivity (Wildman–Crippen MR) is 82.5 cm³/mol. The van der Waals surface area contributed by atoms with Gasteiger partial charge in [0.15, 0.2) is 0 Å². The number of hydrogen-bond donors (Lipinski definition) is 1. The summed E-state index contributed by atoms with van der Waals surface area (Å²) in [6.07, 6.45) is 3.43. The first-order valence-corrected chi connectivity index (χ1v) is 7.22. The van der Waals surface area contributed by atoms with Crippen molar-refractivity contribution < 1.29 is 18.7 Å². The molecule has 122 valence electrons. The van der Waals surface area contributed by atoms with Gasteiger partial charge in [0.25, 0.3) is 0 Å². The molecular weight excluding hydrogens is 304 g/mol. The molecule has 2 aromatic rings. The normalized spacial score (nSPS) is 11.0. The van der Waals surface area contributed by atoms with Gasteiger partial charge in [0.1, 0.15) is 17.2 Å². The third-order valence-corrected chi connectivity index (χ3v) is 3.50. The fourth-order valence-corrected chi connectivity index (χ4v) is 2.22. The number of carboxylic acid groups (broad SMARTS) is 1. The van der Waals surface area contributed by atoms with Crippen LogP contribution in [0.5, 0.6) is 0 Å². The van der Waals surface area contributed by atoms with Crippen LogP contribution in [0.15, 0.2) is 35.4 Å². The first-order valence-electron chi connectivity index (χ1n) is 7.22. The maximum Gasteiger partial charge on any atom is 0.341 e. The van der Waals surface area contributed by atoms with Crippen molar-refractivity contribution in [1.82, 2.24) is 4.57 Å². The molecule has 1 aromatic heterocycles. The van der Waals surface area contributed by atoms with E-state index in [9.17, 15) is 23.5 Å². The number of aromatic carboxylic acids is 1. The Bertz CT molecular complexity index is 797. The molecule has 4 nitrogen and oxygen atoms in total. The SMILES string of the molecule is CC(C)CCn1cc(C(=O)O)c(=O)c(-c2ccc(F)cc2F)c1. The first kappa shape index (κ1) is 16.9. The third kappa shape index (κ3) is 3.83. The summed E-state index contributed by atoms with van der Waals surface area (Å²) < 4.78 is 28.6. The molecule has 0 saturated carbocycles. The average Bonchev–Trinajstić information content (AvgIpc) is 2.46. The summed E-state index contributed by atoms with van der Waals surface area (Å²) in [5.74, 6) is -2.66. The molecule has 1 aromatic carbocycles. The van der Waals surface area contributed by atoms with Gasteiger partial charge >= 0.3 is 5.97 Å². The largest absolute Gasteiger partial charge is 0.477 e. The van der Waals surface area contributed by atoms with Crippen LogP contribution in [0.1, 0.15) is 30.6 Å². The summed E-state index contributed by atoms with van der Waals surface area (Å²) in [6.45, 7) is 4.52. The molecule has 0 aliphatic rings. The van der Waals surface area contributed by atoms with Crippen molar-refractivity contribution in [3.05, 3.63) is 58.0 Å². The number of pyridine rings is 1. The Kier molecular flexibility index (Phi) is 4.93. The van der Waals surface area contributed by atoms with Gasteiger partial charge in [-0.05, 0) is 24.5 Å². The van der Waals surface area contributed by atoms with Crippen LogP contribution in [-0.4, -0.2) is 15.6 Å². The zero-order valence-corrected chi connectivity index (χ0v) is 12.8. The van der Waals surface area contributed by atoms with Crippen molar-refractivity contribution in [1.29, 1.82) is 0 Å². The predicted octanol–water partition coefficient (Wildman–Crippen LogP) is 3.54. The number of rotatable bonds is 5. The maximum atomic E-state index is 14.0. The fourth-order valence-electron chi connectivity index (χ4n) is 2.22. The Balaban J connectivity index is 2.61. The number of nitrogens with zero attached hydrogens (tertiary/aromatic N) is 1. The zero-order chi connectivity index (χ0) is 17.1. The number of aromatic nitrogens is 1.